The van der Waals surface area contributed by atoms with Gasteiger partial charge in [0, 0.05) is 10.9 Å². The molecule has 0 saturated carbocycles. The number of hydrogen-bond donors (Lipinski definition) is 1. The molecule has 0 aliphatic carbocycles. The van der Waals surface area contributed by atoms with Crippen LogP contribution in [0.5, 0.6) is 11.5 Å². The summed E-state index contributed by atoms with van der Waals surface area (Å²) in [6.07, 6.45) is 0.137. The van der Waals surface area contributed by atoms with Crippen molar-refractivity contribution in [1.29, 1.82) is 0 Å². The zero-order valence-corrected chi connectivity index (χ0v) is 17.3. The number of rotatable bonds is 7. The molecule has 0 aliphatic rings. The Morgan fingerprint density at radius 2 is 1.79 bits per heavy atom. The first-order valence-corrected chi connectivity index (χ1v) is 10.0. The molecule has 0 bridgehead atoms. The van der Waals surface area contributed by atoms with E-state index in [1.807, 2.05) is 75.5 Å². The van der Waals surface area contributed by atoms with E-state index in [1.54, 1.807) is 0 Å². The first-order valence-electron chi connectivity index (χ1n) is 9.14. The zero-order chi connectivity index (χ0) is 20.1. The van der Waals surface area contributed by atoms with Gasteiger partial charge in [0.1, 0.15) is 11.5 Å². The van der Waals surface area contributed by atoms with Gasteiger partial charge in [-0.2, -0.15) is 0 Å². The molecule has 0 unspecified atom stereocenters. The van der Waals surface area contributed by atoms with Gasteiger partial charge in [0.25, 0.3) is 5.91 Å². The molecule has 0 radical (unpaired) electrons. The third kappa shape index (κ3) is 5.10. The predicted octanol–water partition coefficient (Wildman–Crippen LogP) is 5.23. The molecular formula is C22H24N2O3S. The van der Waals surface area contributed by atoms with Crippen molar-refractivity contribution in [3.63, 3.8) is 0 Å². The van der Waals surface area contributed by atoms with Crippen LogP contribution in [0.15, 0.2) is 47.8 Å². The number of thiazole rings is 1. The highest BCUT2D eigenvalue weighted by atomic mass is 32.1. The topological polar surface area (TPSA) is 60.5 Å². The minimum Gasteiger partial charge on any atom is -0.491 e. The summed E-state index contributed by atoms with van der Waals surface area (Å²) in [6.45, 7) is 7.86. The molecule has 2 aromatic carbocycles. The van der Waals surface area contributed by atoms with E-state index in [1.165, 1.54) is 11.3 Å². The van der Waals surface area contributed by atoms with Crippen LogP contribution in [0.25, 0.3) is 11.3 Å². The lowest BCUT2D eigenvalue weighted by molar-refractivity contribution is -0.118. The Morgan fingerprint density at radius 3 is 2.43 bits per heavy atom. The molecule has 1 heterocycles. The van der Waals surface area contributed by atoms with Crippen molar-refractivity contribution >= 4 is 22.4 Å². The molecular weight excluding hydrogens is 372 g/mol. The van der Waals surface area contributed by atoms with Gasteiger partial charge in [-0.25, -0.2) is 4.98 Å². The molecule has 3 aromatic rings. The van der Waals surface area contributed by atoms with Gasteiger partial charge in [0.05, 0.1) is 11.8 Å². The summed E-state index contributed by atoms with van der Waals surface area (Å²) in [5.41, 5.74) is 3.80. The standard InChI is InChI=1S/C22H24N2O3S/c1-14(2)27-18-10-8-17(9-11-18)19-13-28-22(23-19)24-20(25)12-26-21-15(3)6-5-7-16(21)4/h5-11,13-14H,12H2,1-4H3,(H,23,24,25). The SMILES string of the molecule is Cc1cccc(C)c1OCC(=O)Nc1nc(-c2ccc(OC(C)C)cc2)cs1. The van der Waals surface area contributed by atoms with Gasteiger partial charge in [0.15, 0.2) is 11.7 Å². The van der Waals surface area contributed by atoms with Crippen LogP contribution in [0.3, 0.4) is 0 Å². The molecule has 0 spiro atoms. The fourth-order valence-electron chi connectivity index (χ4n) is 2.76. The smallest absolute Gasteiger partial charge is 0.264 e. The number of hydrogen-bond acceptors (Lipinski definition) is 5. The second-order valence-corrected chi connectivity index (χ2v) is 7.64. The molecule has 6 heteroatoms. The summed E-state index contributed by atoms with van der Waals surface area (Å²) in [6, 6.07) is 13.7. The average Bonchev–Trinajstić information content (AvgIpc) is 3.10. The Balaban J connectivity index is 1.59. The summed E-state index contributed by atoms with van der Waals surface area (Å²) >= 11 is 1.39. The molecule has 1 aromatic heterocycles. The second-order valence-electron chi connectivity index (χ2n) is 6.79. The Bertz CT molecular complexity index is 928. The van der Waals surface area contributed by atoms with E-state index in [2.05, 4.69) is 10.3 Å². The fourth-order valence-corrected chi connectivity index (χ4v) is 3.50. The lowest BCUT2D eigenvalue weighted by Gasteiger charge is -2.11. The second kappa shape index (κ2) is 8.89. The van der Waals surface area contributed by atoms with Gasteiger partial charge < -0.3 is 9.47 Å². The molecule has 5 nitrogen and oxygen atoms in total. The van der Waals surface area contributed by atoms with Crippen molar-refractivity contribution in [3.8, 4) is 22.8 Å². The highest BCUT2D eigenvalue weighted by Crippen LogP contribution is 2.27. The van der Waals surface area contributed by atoms with Crippen LogP contribution in [0.1, 0.15) is 25.0 Å². The van der Waals surface area contributed by atoms with Crippen molar-refractivity contribution in [2.45, 2.75) is 33.8 Å². The maximum Gasteiger partial charge on any atom is 0.264 e. The maximum absolute atomic E-state index is 12.2. The van der Waals surface area contributed by atoms with Crippen molar-refractivity contribution in [2.75, 3.05) is 11.9 Å². The van der Waals surface area contributed by atoms with Crippen molar-refractivity contribution in [3.05, 3.63) is 59.0 Å². The first-order chi connectivity index (χ1) is 13.4. The number of anilines is 1. The molecule has 146 valence electrons. The van der Waals surface area contributed by atoms with Crippen LogP contribution in [-0.4, -0.2) is 23.6 Å². The Hall–Kier alpha value is -2.86. The van der Waals surface area contributed by atoms with Gasteiger partial charge >= 0.3 is 0 Å². The van der Waals surface area contributed by atoms with E-state index in [-0.39, 0.29) is 18.6 Å². The maximum atomic E-state index is 12.2. The van der Waals surface area contributed by atoms with E-state index in [4.69, 9.17) is 9.47 Å². The van der Waals surface area contributed by atoms with Gasteiger partial charge in [-0.1, -0.05) is 18.2 Å². The predicted molar refractivity (Wildman–Crippen MR) is 113 cm³/mol. The quantitative estimate of drug-likeness (QED) is 0.594. The van der Waals surface area contributed by atoms with Crippen molar-refractivity contribution < 1.29 is 14.3 Å². The number of nitrogens with zero attached hydrogens (tertiary/aromatic N) is 1. The third-order valence-corrected chi connectivity index (χ3v) is 4.79. The number of carbonyl (C=O) groups excluding carboxylic acids is 1. The number of benzene rings is 2. The number of ether oxygens (including phenoxy) is 2. The molecule has 0 fully saturated rings. The van der Waals surface area contributed by atoms with E-state index >= 15 is 0 Å². The minimum absolute atomic E-state index is 0.0537. The van der Waals surface area contributed by atoms with E-state index in [0.29, 0.717) is 5.13 Å². The van der Waals surface area contributed by atoms with E-state index < -0.39 is 0 Å². The van der Waals surface area contributed by atoms with Crippen LogP contribution >= 0.6 is 11.3 Å². The van der Waals surface area contributed by atoms with Crippen LogP contribution in [0.2, 0.25) is 0 Å². The molecule has 3 rings (SSSR count). The lowest BCUT2D eigenvalue weighted by atomic mass is 10.1. The van der Waals surface area contributed by atoms with Crippen LogP contribution in [0.4, 0.5) is 5.13 Å². The van der Waals surface area contributed by atoms with E-state index in [0.717, 1.165) is 33.9 Å². The molecule has 0 aliphatic heterocycles. The summed E-state index contributed by atoms with van der Waals surface area (Å²) in [5.74, 6) is 1.34. The van der Waals surface area contributed by atoms with Crippen molar-refractivity contribution in [1.82, 2.24) is 4.98 Å². The number of aromatic nitrogens is 1. The monoisotopic (exact) mass is 396 g/mol. The number of amides is 1. The van der Waals surface area contributed by atoms with Crippen LogP contribution in [-0.2, 0) is 4.79 Å². The Morgan fingerprint density at radius 1 is 1.11 bits per heavy atom. The zero-order valence-electron chi connectivity index (χ0n) is 16.5. The highest BCUT2D eigenvalue weighted by molar-refractivity contribution is 7.14. The summed E-state index contributed by atoms with van der Waals surface area (Å²) < 4.78 is 11.3. The summed E-state index contributed by atoms with van der Waals surface area (Å²) in [5, 5.41) is 5.26. The normalized spacial score (nSPS) is 10.8. The number of aryl methyl sites for hydroxylation is 2. The number of nitrogens with one attached hydrogen (secondary N) is 1. The highest BCUT2D eigenvalue weighted by Gasteiger charge is 2.11. The Kier molecular flexibility index (Phi) is 6.31. The van der Waals surface area contributed by atoms with Crippen LogP contribution in [0, 0.1) is 13.8 Å². The fraction of sp³-hybridized carbons (Fsp3) is 0.273. The van der Waals surface area contributed by atoms with Gasteiger partial charge in [-0.05, 0) is 63.1 Å². The summed E-state index contributed by atoms with van der Waals surface area (Å²) in [4.78, 5) is 16.7. The largest absolute Gasteiger partial charge is 0.491 e. The van der Waals surface area contributed by atoms with Gasteiger partial charge in [-0.3, -0.25) is 10.1 Å². The average molecular weight is 397 g/mol. The molecule has 1 amide bonds. The van der Waals surface area contributed by atoms with Crippen molar-refractivity contribution in [2.24, 2.45) is 0 Å². The third-order valence-electron chi connectivity index (χ3n) is 4.03. The van der Waals surface area contributed by atoms with Gasteiger partial charge in [0.2, 0.25) is 0 Å². The van der Waals surface area contributed by atoms with Crippen LogP contribution < -0.4 is 14.8 Å². The van der Waals surface area contributed by atoms with E-state index in [9.17, 15) is 4.79 Å². The van der Waals surface area contributed by atoms with Gasteiger partial charge in [-0.15, -0.1) is 11.3 Å². The number of carbonyl (C=O) groups is 1. The summed E-state index contributed by atoms with van der Waals surface area (Å²) in [7, 11) is 0. The number of para-hydroxylation sites is 1. The molecule has 1 N–H and O–H groups in total. The first kappa shape index (κ1) is 19.9. The minimum atomic E-state index is -0.232. The molecule has 0 atom stereocenters. The lowest BCUT2D eigenvalue weighted by Crippen LogP contribution is -2.20. The molecule has 0 saturated heterocycles. The Labute approximate surface area is 169 Å². The molecule has 28 heavy (non-hydrogen) atoms.